The number of esters is 1. The van der Waals surface area contributed by atoms with Gasteiger partial charge in [0.25, 0.3) is 0 Å². The number of methoxy groups -OCH3 is 2. The number of hydrogen-bond acceptors (Lipinski definition) is 7. The first-order chi connectivity index (χ1) is 15.7. The van der Waals surface area contributed by atoms with Crippen LogP contribution in [0, 0.1) is 15.9 Å². The molecule has 2 rings (SSSR count). The molecule has 0 aromatic heterocycles. The quantitative estimate of drug-likeness (QED) is 0.312. The molecule has 0 saturated heterocycles. The molecule has 2 amide bonds. The normalized spacial score (nSPS) is 12.2. The second-order valence-corrected chi connectivity index (χ2v) is 7.10. The van der Waals surface area contributed by atoms with Crippen LogP contribution in [0.2, 0.25) is 0 Å². The van der Waals surface area contributed by atoms with E-state index in [-0.39, 0.29) is 29.8 Å². The Kier molecular flexibility index (Phi) is 8.84. The molecule has 0 bridgehead atoms. The molecule has 2 aromatic rings. The van der Waals surface area contributed by atoms with Gasteiger partial charge in [-0.25, -0.2) is 9.18 Å². The number of benzene rings is 2. The number of carbonyl (C=O) groups excluding carboxylic acids is 3. The zero-order valence-corrected chi connectivity index (χ0v) is 18.3. The number of rotatable bonds is 10. The summed E-state index contributed by atoms with van der Waals surface area (Å²) in [5, 5.41) is 16.2. The van der Waals surface area contributed by atoms with E-state index in [1.54, 1.807) is 6.07 Å². The maximum atomic E-state index is 14.1. The number of nitro groups is 1. The van der Waals surface area contributed by atoms with Crippen LogP contribution in [0.1, 0.15) is 18.1 Å². The molecule has 0 saturated carbocycles. The second kappa shape index (κ2) is 11.6. The van der Waals surface area contributed by atoms with E-state index in [9.17, 15) is 28.9 Å². The predicted octanol–water partition coefficient (Wildman–Crippen LogP) is 1.69. The van der Waals surface area contributed by atoms with Gasteiger partial charge in [0.1, 0.15) is 17.9 Å². The van der Waals surface area contributed by atoms with Gasteiger partial charge in [-0.15, -0.1) is 0 Å². The van der Waals surface area contributed by atoms with Crippen LogP contribution in [0.25, 0.3) is 0 Å². The topological polar surface area (TPSA) is 137 Å². The molecular weight excluding hydrogens is 437 g/mol. The lowest BCUT2D eigenvalue weighted by Crippen LogP contribution is -2.53. The lowest BCUT2D eigenvalue weighted by molar-refractivity contribution is -0.385. The number of carbonyl (C=O) groups is 3. The predicted molar refractivity (Wildman–Crippen MR) is 115 cm³/mol. The lowest BCUT2D eigenvalue weighted by atomic mass is 10.0. The third kappa shape index (κ3) is 6.99. The summed E-state index contributed by atoms with van der Waals surface area (Å²) >= 11 is 0. The molecular formula is C22H24FN3O7. The van der Waals surface area contributed by atoms with Crippen LogP contribution in [0.4, 0.5) is 10.1 Å². The number of nitrogens with zero attached hydrogens (tertiary/aromatic N) is 1. The first-order valence-corrected chi connectivity index (χ1v) is 9.86. The lowest BCUT2D eigenvalue weighted by Gasteiger charge is -2.22. The third-order valence-corrected chi connectivity index (χ3v) is 4.76. The Bertz CT molecular complexity index is 1040. The average molecular weight is 461 g/mol. The van der Waals surface area contributed by atoms with Crippen molar-refractivity contribution in [2.45, 2.75) is 31.8 Å². The van der Waals surface area contributed by atoms with Crippen LogP contribution < -0.4 is 15.4 Å². The third-order valence-electron chi connectivity index (χ3n) is 4.76. The highest BCUT2D eigenvalue weighted by Gasteiger charge is 2.28. The molecule has 0 spiro atoms. The summed E-state index contributed by atoms with van der Waals surface area (Å²) in [7, 11) is 2.42. The molecule has 2 atom stereocenters. The van der Waals surface area contributed by atoms with Crippen LogP contribution in [-0.2, 0) is 32.0 Å². The van der Waals surface area contributed by atoms with Crippen molar-refractivity contribution in [1.29, 1.82) is 0 Å². The van der Waals surface area contributed by atoms with E-state index >= 15 is 0 Å². The number of hydrogen-bond donors (Lipinski definition) is 2. The molecule has 33 heavy (non-hydrogen) atoms. The second-order valence-electron chi connectivity index (χ2n) is 7.10. The van der Waals surface area contributed by atoms with Gasteiger partial charge in [-0.2, -0.15) is 0 Å². The summed E-state index contributed by atoms with van der Waals surface area (Å²) < 4.78 is 23.8. The minimum absolute atomic E-state index is 0.0398. The average Bonchev–Trinajstić information content (AvgIpc) is 2.78. The molecule has 11 heteroatoms. The van der Waals surface area contributed by atoms with E-state index in [2.05, 4.69) is 10.6 Å². The summed E-state index contributed by atoms with van der Waals surface area (Å²) in [6.07, 6.45) is -0.282. The molecule has 2 aromatic carbocycles. The summed E-state index contributed by atoms with van der Waals surface area (Å²) in [6.45, 7) is 1.20. The van der Waals surface area contributed by atoms with E-state index in [0.717, 1.165) is 7.11 Å². The molecule has 0 aliphatic rings. The fourth-order valence-electron chi connectivity index (χ4n) is 3.19. The SMILES string of the molecule is COC(=O)[C@@H](Cc1ccc(OC)c([N+](=O)[O-])c1)NC(=O)[C@H](Cc1ccccc1F)NC(C)=O. The van der Waals surface area contributed by atoms with E-state index in [4.69, 9.17) is 9.47 Å². The van der Waals surface area contributed by atoms with Crippen LogP contribution in [-0.4, -0.2) is 49.0 Å². The zero-order chi connectivity index (χ0) is 24.5. The van der Waals surface area contributed by atoms with Gasteiger partial charge in [0.15, 0.2) is 5.75 Å². The molecule has 0 fully saturated rings. The van der Waals surface area contributed by atoms with E-state index in [0.29, 0.717) is 5.56 Å². The highest BCUT2D eigenvalue weighted by Crippen LogP contribution is 2.28. The van der Waals surface area contributed by atoms with Crippen molar-refractivity contribution in [2.24, 2.45) is 0 Å². The summed E-state index contributed by atoms with van der Waals surface area (Å²) in [5.41, 5.74) is 0.260. The number of nitro benzene ring substituents is 1. The highest BCUT2D eigenvalue weighted by atomic mass is 19.1. The van der Waals surface area contributed by atoms with E-state index in [1.165, 1.54) is 50.4 Å². The van der Waals surface area contributed by atoms with Gasteiger partial charge < -0.3 is 20.1 Å². The summed E-state index contributed by atoms with van der Waals surface area (Å²) in [6, 6.07) is 7.52. The molecule has 176 valence electrons. The number of halogens is 1. The maximum absolute atomic E-state index is 14.1. The van der Waals surface area contributed by atoms with Gasteiger partial charge in [-0.05, 0) is 23.3 Å². The van der Waals surface area contributed by atoms with Crippen molar-refractivity contribution in [1.82, 2.24) is 10.6 Å². The maximum Gasteiger partial charge on any atom is 0.328 e. The van der Waals surface area contributed by atoms with Crippen LogP contribution in [0.5, 0.6) is 5.75 Å². The Labute approximate surface area is 189 Å². The first-order valence-electron chi connectivity index (χ1n) is 9.86. The minimum Gasteiger partial charge on any atom is -0.490 e. The molecule has 2 N–H and O–H groups in total. The van der Waals surface area contributed by atoms with Crippen molar-refractivity contribution in [2.75, 3.05) is 14.2 Å². The number of nitrogens with one attached hydrogen (secondary N) is 2. The monoisotopic (exact) mass is 461 g/mol. The Morgan fingerprint density at radius 3 is 2.33 bits per heavy atom. The van der Waals surface area contributed by atoms with E-state index < -0.39 is 40.6 Å². The van der Waals surface area contributed by atoms with Crippen molar-refractivity contribution >= 4 is 23.5 Å². The molecule has 0 aliphatic carbocycles. The van der Waals surface area contributed by atoms with Crippen LogP contribution in [0.15, 0.2) is 42.5 Å². The van der Waals surface area contributed by atoms with Gasteiger partial charge in [0, 0.05) is 25.8 Å². The standard InChI is InChI=1S/C22H24FN3O7/c1-13(27)24-17(12-15-6-4-5-7-16(15)23)21(28)25-18(22(29)33-3)10-14-8-9-20(32-2)19(11-14)26(30)31/h4-9,11,17-18H,10,12H2,1-3H3,(H,24,27)(H,25,28)/t17-,18+/m0/s1. The van der Waals surface area contributed by atoms with Crippen molar-refractivity contribution in [3.05, 3.63) is 69.5 Å². The van der Waals surface area contributed by atoms with Crippen LogP contribution in [0.3, 0.4) is 0 Å². The molecule has 0 radical (unpaired) electrons. The van der Waals surface area contributed by atoms with Gasteiger partial charge in [-0.3, -0.25) is 19.7 Å². The Balaban J connectivity index is 2.26. The van der Waals surface area contributed by atoms with Crippen molar-refractivity contribution in [3.63, 3.8) is 0 Å². The number of amides is 2. The van der Waals surface area contributed by atoms with Gasteiger partial charge >= 0.3 is 11.7 Å². The number of ether oxygens (including phenoxy) is 2. The molecule has 0 aliphatic heterocycles. The van der Waals surface area contributed by atoms with Gasteiger partial charge in [0.2, 0.25) is 11.8 Å². The Hall–Kier alpha value is -4.02. The fraction of sp³-hybridized carbons (Fsp3) is 0.318. The van der Waals surface area contributed by atoms with E-state index in [1.807, 2.05) is 0 Å². The van der Waals surface area contributed by atoms with Gasteiger partial charge in [0.05, 0.1) is 19.1 Å². The highest BCUT2D eigenvalue weighted by molar-refractivity contribution is 5.90. The zero-order valence-electron chi connectivity index (χ0n) is 18.3. The minimum atomic E-state index is -1.22. The summed E-state index contributed by atoms with van der Waals surface area (Å²) in [5.74, 6) is -2.57. The Morgan fingerprint density at radius 2 is 1.76 bits per heavy atom. The van der Waals surface area contributed by atoms with Crippen LogP contribution >= 0.6 is 0 Å². The van der Waals surface area contributed by atoms with Crippen molar-refractivity contribution in [3.8, 4) is 5.75 Å². The fourth-order valence-corrected chi connectivity index (χ4v) is 3.19. The molecule has 0 unspecified atom stereocenters. The molecule has 10 nitrogen and oxygen atoms in total. The van der Waals surface area contributed by atoms with Crippen molar-refractivity contribution < 1.29 is 33.2 Å². The van der Waals surface area contributed by atoms with Gasteiger partial charge in [-0.1, -0.05) is 24.3 Å². The smallest absolute Gasteiger partial charge is 0.328 e. The first kappa shape index (κ1) is 25.2. The Morgan fingerprint density at radius 1 is 1.06 bits per heavy atom. The largest absolute Gasteiger partial charge is 0.490 e. The summed E-state index contributed by atoms with van der Waals surface area (Å²) in [4.78, 5) is 47.5. The molecule has 0 heterocycles.